The van der Waals surface area contributed by atoms with Gasteiger partial charge >= 0.3 is 0 Å². The van der Waals surface area contributed by atoms with E-state index in [2.05, 4.69) is 209 Å². The predicted molar refractivity (Wildman–Crippen MR) is 229 cm³/mol. The average molecular weight is 694 g/mol. The lowest BCUT2D eigenvalue weighted by atomic mass is 9.75. The summed E-state index contributed by atoms with van der Waals surface area (Å²) in [5, 5.41) is 7.76. The maximum Gasteiger partial charge on any atom is 0.0691 e. The molecule has 0 spiro atoms. The summed E-state index contributed by atoms with van der Waals surface area (Å²) < 4.78 is 7.62. The Morgan fingerprint density at radius 1 is 0.463 bits per heavy atom. The Morgan fingerprint density at radius 3 is 1.39 bits per heavy atom. The zero-order valence-electron chi connectivity index (χ0n) is 30.2. The van der Waals surface area contributed by atoms with E-state index in [1.165, 1.54) is 82.4 Å². The van der Waals surface area contributed by atoms with E-state index >= 15 is 0 Å². The Labute approximate surface area is 314 Å². The molecule has 0 aliphatic heterocycles. The van der Waals surface area contributed by atoms with E-state index in [0.717, 1.165) is 12.8 Å². The number of rotatable bonds is 6. The van der Waals surface area contributed by atoms with Crippen molar-refractivity contribution in [3.05, 3.63) is 194 Å². The molecular formula is C51H39N3. The standard InChI is InChI=1S/C51H39N3/c1-51(54-48-28-12-6-22-41(48)42-23-7-13-29-49(42)54)33-15-30-50(53-46-26-10-4-20-39(46)40-21-5-11-27-47(40)53)43(51)32-31-35-16-14-17-36(34-35)52-44-24-8-2-18-37(44)38-19-3-9-25-45(38)52/h2-30,33-34,43H,31-32H2,1H3. The van der Waals surface area contributed by atoms with Crippen LogP contribution in [0.5, 0.6) is 0 Å². The number of benzene rings is 7. The summed E-state index contributed by atoms with van der Waals surface area (Å²) in [5.41, 5.74) is 11.0. The largest absolute Gasteiger partial charge is 0.330 e. The summed E-state index contributed by atoms with van der Waals surface area (Å²) >= 11 is 0. The van der Waals surface area contributed by atoms with E-state index in [1.807, 2.05) is 0 Å². The zero-order chi connectivity index (χ0) is 35.8. The van der Waals surface area contributed by atoms with Crippen molar-refractivity contribution in [1.29, 1.82) is 0 Å². The van der Waals surface area contributed by atoms with E-state index in [-0.39, 0.29) is 11.5 Å². The highest BCUT2D eigenvalue weighted by atomic mass is 15.1. The Morgan fingerprint density at radius 2 is 0.889 bits per heavy atom. The highest BCUT2D eigenvalue weighted by Gasteiger charge is 2.40. The molecule has 2 atom stereocenters. The fourth-order valence-electron chi connectivity index (χ4n) is 9.78. The van der Waals surface area contributed by atoms with Crippen LogP contribution in [0.4, 0.5) is 0 Å². The molecule has 0 radical (unpaired) electrons. The van der Waals surface area contributed by atoms with Crippen LogP contribution in [0.1, 0.15) is 18.9 Å². The third-order valence-electron chi connectivity index (χ3n) is 12.1. The molecule has 0 N–H and O–H groups in total. The quantitative estimate of drug-likeness (QED) is 0.165. The van der Waals surface area contributed by atoms with Crippen LogP contribution in [0.3, 0.4) is 0 Å². The van der Waals surface area contributed by atoms with Crippen molar-refractivity contribution in [2.45, 2.75) is 25.3 Å². The molecule has 3 nitrogen and oxygen atoms in total. The second-order valence-corrected chi connectivity index (χ2v) is 15.0. The highest BCUT2D eigenvalue weighted by Crippen LogP contribution is 2.48. The van der Waals surface area contributed by atoms with Gasteiger partial charge in [-0.1, -0.05) is 133 Å². The second-order valence-electron chi connectivity index (χ2n) is 15.0. The molecule has 7 aromatic carbocycles. The van der Waals surface area contributed by atoms with Gasteiger partial charge in [-0.3, -0.25) is 0 Å². The first-order valence-electron chi connectivity index (χ1n) is 19.1. The van der Waals surface area contributed by atoms with E-state index in [4.69, 9.17) is 0 Å². The first-order valence-corrected chi connectivity index (χ1v) is 19.1. The molecule has 0 saturated carbocycles. The summed E-state index contributed by atoms with van der Waals surface area (Å²) in [4.78, 5) is 0. The first-order chi connectivity index (χ1) is 26.7. The molecule has 258 valence electrons. The van der Waals surface area contributed by atoms with Gasteiger partial charge in [0.25, 0.3) is 0 Å². The second kappa shape index (κ2) is 12.0. The number of nitrogens with zero attached hydrogens (tertiary/aromatic N) is 3. The molecule has 3 heteroatoms. The molecule has 0 bridgehead atoms. The minimum Gasteiger partial charge on any atom is -0.330 e. The Balaban J connectivity index is 1.09. The molecule has 1 aliphatic rings. The third kappa shape index (κ3) is 4.48. The van der Waals surface area contributed by atoms with E-state index < -0.39 is 0 Å². The normalized spacial score (nSPS) is 17.4. The summed E-state index contributed by atoms with van der Waals surface area (Å²) in [6.07, 6.45) is 9.05. The van der Waals surface area contributed by atoms with Crippen LogP contribution in [0, 0.1) is 5.92 Å². The SMILES string of the molecule is CC1(n2c3ccccc3c3ccccc32)C=CC=C(n2c3ccccc3c3ccccc32)C1CCc1cccc(-n2c3ccccc3c3ccccc32)c1. The van der Waals surface area contributed by atoms with Gasteiger partial charge in [0.15, 0.2) is 0 Å². The number of aromatic nitrogens is 3. The molecule has 0 saturated heterocycles. The van der Waals surface area contributed by atoms with Gasteiger partial charge in [-0.25, -0.2) is 0 Å². The molecule has 1 aliphatic carbocycles. The maximum atomic E-state index is 2.63. The fourth-order valence-corrected chi connectivity index (χ4v) is 9.78. The average Bonchev–Trinajstić information content (AvgIpc) is 3.87. The van der Waals surface area contributed by atoms with Crippen molar-refractivity contribution < 1.29 is 0 Å². The smallest absolute Gasteiger partial charge is 0.0691 e. The molecule has 2 unspecified atom stereocenters. The van der Waals surface area contributed by atoms with Crippen molar-refractivity contribution in [1.82, 2.24) is 13.7 Å². The van der Waals surface area contributed by atoms with Gasteiger partial charge in [-0.05, 0) is 79.9 Å². The van der Waals surface area contributed by atoms with Crippen molar-refractivity contribution in [3.8, 4) is 5.69 Å². The van der Waals surface area contributed by atoms with Crippen LogP contribution in [-0.2, 0) is 12.0 Å². The van der Waals surface area contributed by atoms with E-state index in [0.29, 0.717) is 0 Å². The summed E-state index contributed by atoms with van der Waals surface area (Å²) in [5.74, 6) is 0.151. The number of hydrogen-bond donors (Lipinski definition) is 0. The van der Waals surface area contributed by atoms with Gasteiger partial charge in [0.2, 0.25) is 0 Å². The van der Waals surface area contributed by atoms with E-state index in [1.54, 1.807) is 0 Å². The first kappa shape index (κ1) is 31.0. The Hall–Kier alpha value is -6.58. The summed E-state index contributed by atoms with van der Waals surface area (Å²) in [6.45, 7) is 2.46. The van der Waals surface area contributed by atoms with Gasteiger partial charge in [0, 0.05) is 60.7 Å². The number of aryl methyl sites for hydroxylation is 1. The van der Waals surface area contributed by atoms with Gasteiger partial charge < -0.3 is 13.7 Å². The number of fused-ring (bicyclic) bond motifs is 9. The van der Waals surface area contributed by atoms with Gasteiger partial charge in [0.05, 0.1) is 27.6 Å². The molecule has 11 rings (SSSR count). The lowest BCUT2D eigenvalue weighted by Crippen LogP contribution is -2.40. The topological polar surface area (TPSA) is 14.8 Å². The van der Waals surface area contributed by atoms with Crippen molar-refractivity contribution in [2.75, 3.05) is 0 Å². The predicted octanol–water partition coefficient (Wildman–Crippen LogP) is 13.1. The number of para-hydroxylation sites is 6. The molecule has 54 heavy (non-hydrogen) atoms. The highest BCUT2D eigenvalue weighted by molar-refractivity contribution is 6.11. The van der Waals surface area contributed by atoms with Crippen molar-refractivity contribution >= 4 is 71.1 Å². The van der Waals surface area contributed by atoms with Crippen LogP contribution in [-0.4, -0.2) is 13.7 Å². The van der Waals surface area contributed by atoms with Gasteiger partial charge in [-0.15, -0.1) is 0 Å². The minimum absolute atomic E-state index is 0.151. The zero-order valence-corrected chi connectivity index (χ0v) is 30.2. The molecule has 0 fully saturated rings. The molecule has 3 heterocycles. The molecular weight excluding hydrogens is 655 g/mol. The Bertz CT molecular complexity index is 2990. The third-order valence-corrected chi connectivity index (χ3v) is 12.1. The van der Waals surface area contributed by atoms with Crippen LogP contribution in [0.25, 0.3) is 76.8 Å². The van der Waals surface area contributed by atoms with Crippen LogP contribution >= 0.6 is 0 Å². The lowest BCUT2D eigenvalue weighted by Gasteiger charge is -2.42. The minimum atomic E-state index is -0.357. The monoisotopic (exact) mass is 693 g/mol. The maximum absolute atomic E-state index is 2.63. The lowest BCUT2D eigenvalue weighted by molar-refractivity contribution is 0.305. The molecule has 10 aromatic rings. The van der Waals surface area contributed by atoms with Gasteiger partial charge in [-0.2, -0.15) is 0 Å². The molecule has 3 aromatic heterocycles. The Kier molecular flexibility index (Phi) is 6.87. The van der Waals surface area contributed by atoms with E-state index in [9.17, 15) is 0 Å². The summed E-state index contributed by atoms with van der Waals surface area (Å²) in [7, 11) is 0. The van der Waals surface area contributed by atoms with Crippen molar-refractivity contribution in [3.63, 3.8) is 0 Å². The van der Waals surface area contributed by atoms with Gasteiger partial charge in [0.1, 0.15) is 0 Å². The molecule has 0 amide bonds. The number of allylic oxidation sites excluding steroid dienone is 4. The van der Waals surface area contributed by atoms with Crippen LogP contribution < -0.4 is 0 Å². The summed E-state index contributed by atoms with van der Waals surface area (Å²) in [6, 6.07) is 62.5. The van der Waals surface area contributed by atoms with Crippen molar-refractivity contribution in [2.24, 2.45) is 5.92 Å². The van der Waals surface area contributed by atoms with Crippen LogP contribution in [0.15, 0.2) is 188 Å². The number of hydrogen-bond acceptors (Lipinski definition) is 0. The fraction of sp³-hybridized carbons (Fsp3) is 0.0980. The van der Waals surface area contributed by atoms with Crippen LogP contribution in [0.2, 0.25) is 0 Å².